The molecule has 2 aromatic rings. The number of aromatic carboxylic acids is 1. The second kappa shape index (κ2) is 3.33. The Morgan fingerprint density at radius 3 is 2.64 bits per heavy atom. The zero-order valence-corrected chi connectivity index (χ0v) is 7.18. The fourth-order valence-corrected chi connectivity index (χ4v) is 1.21. The Labute approximate surface area is 79.8 Å². The summed E-state index contributed by atoms with van der Waals surface area (Å²) in [5.41, 5.74) is 1.22. The maximum atomic E-state index is 10.7. The van der Waals surface area contributed by atoms with Crippen molar-refractivity contribution in [1.29, 1.82) is 0 Å². The van der Waals surface area contributed by atoms with Gasteiger partial charge in [0, 0.05) is 0 Å². The van der Waals surface area contributed by atoms with E-state index in [1.165, 1.54) is 6.26 Å². The van der Waals surface area contributed by atoms with E-state index in [0.29, 0.717) is 5.56 Å². The van der Waals surface area contributed by atoms with Crippen LogP contribution in [0.2, 0.25) is 0 Å². The maximum absolute atomic E-state index is 10.7. The standard InChI is InChI=1S/C10H7NO3/c12-10(13)9-8(6-14-11-9)7-4-2-1-3-5-7/h1-6H,(H,12,13). The van der Waals surface area contributed by atoms with Crippen LogP contribution < -0.4 is 0 Å². The number of carbonyl (C=O) groups is 1. The second-order valence-corrected chi connectivity index (χ2v) is 2.75. The Morgan fingerprint density at radius 2 is 2.00 bits per heavy atom. The number of hydrogen-bond donors (Lipinski definition) is 1. The highest BCUT2D eigenvalue weighted by molar-refractivity contribution is 5.93. The van der Waals surface area contributed by atoms with Crippen LogP contribution in [0, 0.1) is 0 Å². The third kappa shape index (κ3) is 1.37. The molecule has 0 fully saturated rings. The topological polar surface area (TPSA) is 63.3 Å². The first-order chi connectivity index (χ1) is 6.79. The van der Waals surface area contributed by atoms with Gasteiger partial charge in [-0.25, -0.2) is 4.79 Å². The summed E-state index contributed by atoms with van der Waals surface area (Å²) in [4.78, 5) is 10.7. The van der Waals surface area contributed by atoms with Gasteiger partial charge in [0.1, 0.15) is 6.26 Å². The Hall–Kier alpha value is -2.10. The van der Waals surface area contributed by atoms with Crippen molar-refractivity contribution in [3.05, 3.63) is 42.3 Å². The first-order valence-corrected chi connectivity index (χ1v) is 4.02. The molecule has 1 N–H and O–H groups in total. The molecule has 70 valence electrons. The Morgan fingerprint density at radius 1 is 1.29 bits per heavy atom. The van der Waals surface area contributed by atoms with E-state index in [-0.39, 0.29) is 5.69 Å². The highest BCUT2D eigenvalue weighted by Gasteiger charge is 2.15. The predicted molar refractivity (Wildman–Crippen MR) is 48.9 cm³/mol. The molecule has 1 aromatic heterocycles. The van der Waals surface area contributed by atoms with Crippen LogP contribution in [0.5, 0.6) is 0 Å². The van der Waals surface area contributed by atoms with Crippen LogP contribution in [-0.4, -0.2) is 16.2 Å². The largest absolute Gasteiger partial charge is 0.476 e. The lowest BCUT2D eigenvalue weighted by atomic mass is 10.1. The maximum Gasteiger partial charge on any atom is 0.358 e. The molecule has 0 atom stereocenters. The van der Waals surface area contributed by atoms with E-state index >= 15 is 0 Å². The molecule has 0 saturated heterocycles. The van der Waals surface area contributed by atoms with Crippen molar-refractivity contribution in [2.45, 2.75) is 0 Å². The van der Waals surface area contributed by atoms with Gasteiger partial charge in [-0.2, -0.15) is 0 Å². The van der Waals surface area contributed by atoms with E-state index in [9.17, 15) is 4.79 Å². The average Bonchev–Trinajstić information content (AvgIpc) is 2.67. The SMILES string of the molecule is O=C(O)c1nocc1-c1ccccc1. The van der Waals surface area contributed by atoms with Gasteiger partial charge in [0.05, 0.1) is 5.56 Å². The summed E-state index contributed by atoms with van der Waals surface area (Å²) in [6, 6.07) is 9.12. The van der Waals surface area contributed by atoms with Gasteiger partial charge >= 0.3 is 5.97 Å². The first kappa shape index (κ1) is 8.50. The lowest BCUT2D eigenvalue weighted by Crippen LogP contribution is -1.98. The summed E-state index contributed by atoms with van der Waals surface area (Å²) in [5.74, 6) is -1.09. The van der Waals surface area contributed by atoms with Gasteiger partial charge in [0.25, 0.3) is 0 Å². The first-order valence-electron chi connectivity index (χ1n) is 4.02. The Kier molecular flexibility index (Phi) is 2.02. The molecule has 0 aliphatic heterocycles. The minimum atomic E-state index is -1.09. The van der Waals surface area contributed by atoms with Gasteiger partial charge in [-0.05, 0) is 5.56 Å². The average molecular weight is 189 g/mol. The van der Waals surface area contributed by atoms with Crippen LogP contribution >= 0.6 is 0 Å². The van der Waals surface area contributed by atoms with Crippen molar-refractivity contribution in [3.8, 4) is 11.1 Å². The van der Waals surface area contributed by atoms with Gasteiger partial charge in [0.2, 0.25) is 0 Å². The van der Waals surface area contributed by atoms with Crippen molar-refractivity contribution >= 4 is 5.97 Å². The van der Waals surface area contributed by atoms with E-state index < -0.39 is 5.97 Å². The molecular weight excluding hydrogens is 182 g/mol. The van der Waals surface area contributed by atoms with Crippen LogP contribution in [0.15, 0.2) is 41.1 Å². The molecule has 1 aromatic carbocycles. The van der Waals surface area contributed by atoms with Gasteiger partial charge in [-0.3, -0.25) is 0 Å². The molecule has 0 saturated carbocycles. The van der Waals surface area contributed by atoms with Gasteiger partial charge in [-0.15, -0.1) is 0 Å². The van der Waals surface area contributed by atoms with Gasteiger partial charge in [-0.1, -0.05) is 35.5 Å². The van der Waals surface area contributed by atoms with Crippen LogP contribution in [0.4, 0.5) is 0 Å². The fourth-order valence-electron chi connectivity index (χ4n) is 1.21. The summed E-state index contributed by atoms with van der Waals surface area (Å²) in [7, 11) is 0. The number of nitrogens with zero attached hydrogens (tertiary/aromatic N) is 1. The number of carboxylic acids is 1. The summed E-state index contributed by atoms with van der Waals surface area (Å²) >= 11 is 0. The van der Waals surface area contributed by atoms with E-state index in [2.05, 4.69) is 9.68 Å². The molecule has 4 heteroatoms. The highest BCUT2D eigenvalue weighted by atomic mass is 16.5. The molecular formula is C10H7NO3. The molecule has 0 aliphatic carbocycles. The van der Waals surface area contributed by atoms with Crippen LogP contribution in [-0.2, 0) is 0 Å². The number of rotatable bonds is 2. The Bertz CT molecular complexity index is 447. The Balaban J connectivity index is 2.52. The normalized spacial score (nSPS) is 10.0. The highest BCUT2D eigenvalue weighted by Crippen LogP contribution is 2.22. The fraction of sp³-hybridized carbons (Fsp3) is 0. The summed E-state index contributed by atoms with van der Waals surface area (Å²) in [6.07, 6.45) is 1.33. The van der Waals surface area contributed by atoms with Crippen molar-refractivity contribution in [1.82, 2.24) is 5.16 Å². The van der Waals surface area contributed by atoms with E-state index in [0.717, 1.165) is 5.56 Å². The number of hydrogen-bond acceptors (Lipinski definition) is 3. The number of benzene rings is 1. The monoisotopic (exact) mass is 189 g/mol. The predicted octanol–water partition coefficient (Wildman–Crippen LogP) is 2.04. The van der Waals surface area contributed by atoms with Crippen LogP contribution in [0.3, 0.4) is 0 Å². The van der Waals surface area contributed by atoms with Crippen LogP contribution in [0.1, 0.15) is 10.5 Å². The third-order valence-electron chi connectivity index (χ3n) is 1.86. The third-order valence-corrected chi connectivity index (χ3v) is 1.86. The minimum absolute atomic E-state index is 0.0591. The quantitative estimate of drug-likeness (QED) is 0.785. The van der Waals surface area contributed by atoms with E-state index in [1.807, 2.05) is 18.2 Å². The summed E-state index contributed by atoms with van der Waals surface area (Å²) in [5, 5.41) is 12.2. The molecule has 0 unspecified atom stereocenters. The molecule has 0 amide bonds. The molecule has 0 spiro atoms. The lowest BCUT2D eigenvalue weighted by molar-refractivity contribution is 0.0686. The van der Waals surface area contributed by atoms with Crippen molar-refractivity contribution in [2.24, 2.45) is 0 Å². The molecule has 2 rings (SSSR count). The van der Waals surface area contributed by atoms with Gasteiger partial charge < -0.3 is 9.63 Å². The molecule has 4 nitrogen and oxygen atoms in total. The van der Waals surface area contributed by atoms with Crippen molar-refractivity contribution in [2.75, 3.05) is 0 Å². The minimum Gasteiger partial charge on any atom is -0.476 e. The zero-order chi connectivity index (χ0) is 9.97. The van der Waals surface area contributed by atoms with Crippen molar-refractivity contribution < 1.29 is 14.4 Å². The molecule has 0 aliphatic rings. The molecule has 1 heterocycles. The number of carboxylic acid groups (broad SMARTS) is 1. The molecule has 0 radical (unpaired) electrons. The van der Waals surface area contributed by atoms with Crippen LogP contribution in [0.25, 0.3) is 11.1 Å². The molecule has 14 heavy (non-hydrogen) atoms. The van der Waals surface area contributed by atoms with Crippen molar-refractivity contribution in [3.63, 3.8) is 0 Å². The number of aromatic nitrogens is 1. The second-order valence-electron chi connectivity index (χ2n) is 2.75. The summed E-state index contributed by atoms with van der Waals surface area (Å²) in [6.45, 7) is 0. The smallest absolute Gasteiger partial charge is 0.358 e. The van der Waals surface area contributed by atoms with E-state index in [4.69, 9.17) is 5.11 Å². The zero-order valence-electron chi connectivity index (χ0n) is 7.18. The lowest BCUT2D eigenvalue weighted by Gasteiger charge is -1.95. The van der Waals surface area contributed by atoms with E-state index in [1.54, 1.807) is 12.1 Å². The van der Waals surface area contributed by atoms with Gasteiger partial charge in [0.15, 0.2) is 5.69 Å². The summed E-state index contributed by atoms with van der Waals surface area (Å²) < 4.78 is 4.63. The molecule has 0 bridgehead atoms.